The minimum Gasteiger partial charge on any atom is -0.481 e. The van der Waals surface area contributed by atoms with Gasteiger partial charge < -0.3 is 14.7 Å². The number of carboxylic acids is 1. The summed E-state index contributed by atoms with van der Waals surface area (Å²) >= 11 is 0. The van der Waals surface area contributed by atoms with Gasteiger partial charge in [0, 0.05) is 25.4 Å². The Bertz CT molecular complexity index is 880. The average molecular weight is 466 g/mol. The maximum atomic E-state index is 13.0. The zero-order valence-electron chi connectivity index (χ0n) is 20.5. The lowest BCUT2D eigenvalue weighted by atomic mass is 9.98. The maximum absolute atomic E-state index is 13.0. The minimum atomic E-state index is -0.834. The van der Waals surface area contributed by atoms with Crippen LogP contribution < -0.4 is 0 Å². The predicted octanol–water partition coefficient (Wildman–Crippen LogP) is 7.24. The second-order valence-electron chi connectivity index (χ2n) is 9.26. The predicted molar refractivity (Wildman–Crippen MR) is 136 cm³/mol. The number of fused-ring (bicyclic) bond motifs is 3. The van der Waals surface area contributed by atoms with E-state index < -0.39 is 5.97 Å². The number of aliphatic carboxylic acids is 1. The van der Waals surface area contributed by atoms with Gasteiger partial charge in [0.1, 0.15) is 6.61 Å². The fourth-order valence-electron chi connectivity index (χ4n) is 4.84. The van der Waals surface area contributed by atoms with Gasteiger partial charge in [0.25, 0.3) is 0 Å². The average Bonchev–Trinajstić information content (AvgIpc) is 3.16. The normalized spacial score (nSPS) is 12.3. The van der Waals surface area contributed by atoms with Crippen molar-refractivity contribution in [3.05, 3.63) is 59.7 Å². The summed E-state index contributed by atoms with van der Waals surface area (Å²) in [6.07, 6.45) is 9.73. The zero-order chi connectivity index (χ0) is 24.2. The number of benzene rings is 2. The van der Waals surface area contributed by atoms with Gasteiger partial charge in [-0.15, -0.1) is 0 Å². The molecule has 0 bridgehead atoms. The number of nitrogens with zero attached hydrogens (tertiary/aromatic N) is 1. The van der Waals surface area contributed by atoms with Crippen LogP contribution in [0.1, 0.15) is 88.2 Å². The molecule has 5 heteroatoms. The van der Waals surface area contributed by atoms with Crippen molar-refractivity contribution in [1.29, 1.82) is 0 Å². The first-order valence-electron chi connectivity index (χ1n) is 12.9. The van der Waals surface area contributed by atoms with Crippen LogP contribution in [0.3, 0.4) is 0 Å². The van der Waals surface area contributed by atoms with E-state index in [1.54, 1.807) is 4.90 Å². The summed E-state index contributed by atoms with van der Waals surface area (Å²) in [5.74, 6) is -0.806. The topological polar surface area (TPSA) is 66.8 Å². The molecule has 0 aliphatic heterocycles. The smallest absolute Gasteiger partial charge is 0.409 e. The Morgan fingerprint density at radius 2 is 1.32 bits per heavy atom. The van der Waals surface area contributed by atoms with Crippen molar-refractivity contribution < 1.29 is 19.4 Å². The highest BCUT2D eigenvalue weighted by molar-refractivity contribution is 5.79. The first-order chi connectivity index (χ1) is 16.6. The lowest BCUT2D eigenvalue weighted by Crippen LogP contribution is -2.34. The van der Waals surface area contributed by atoms with Crippen molar-refractivity contribution in [2.24, 2.45) is 0 Å². The number of carbonyl (C=O) groups is 2. The number of carboxylic acid groups (broad SMARTS) is 1. The third-order valence-corrected chi connectivity index (χ3v) is 6.69. The van der Waals surface area contributed by atoms with Crippen molar-refractivity contribution >= 4 is 12.1 Å². The highest BCUT2D eigenvalue weighted by Crippen LogP contribution is 2.44. The van der Waals surface area contributed by atoms with E-state index in [2.05, 4.69) is 31.2 Å². The molecule has 1 amide bonds. The van der Waals surface area contributed by atoms with Crippen LogP contribution in [-0.2, 0) is 9.53 Å². The van der Waals surface area contributed by atoms with Gasteiger partial charge in [0.2, 0.25) is 0 Å². The van der Waals surface area contributed by atoms with Crippen molar-refractivity contribution in [2.75, 3.05) is 19.7 Å². The summed E-state index contributed by atoms with van der Waals surface area (Å²) in [5.41, 5.74) is 4.79. The molecule has 0 unspecified atom stereocenters. The van der Waals surface area contributed by atoms with Crippen molar-refractivity contribution in [2.45, 2.75) is 77.0 Å². The Morgan fingerprint density at radius 1 is 0.794 bits per heavy atom. The zero-order valence-corrected chi connectivity index (χ0v) is 20.5. The van der Waals surface area contributed by atoms with E-state index in [-0.39, 0.29) is 18.4 Å². The third-order valence-electron chi connectivity index (χ3n) is 6.69. The lowest BCUT2D eigenvalue weighted by molar-refractivity contribution is -0.137. The van der Waals surface area contributed by atoms with Crippen LogP contribution in [0.5, 0.6) is 0 Å². The van der Waals surface area contributed by atoms with Crippen molar-refractivity contribution in [3.8, 4) is 11.1 Å². The van der Waals surface area contributed by atoms with Gasteiger partial charge in [0.15, 0.2) is 0 Å². The molecule has 5 nitrogen and oxygen atoms in total. The molecule has 3 rings (SSSR count). The fraction of sp³-hybridized carbons (Fsp3) is 0.517. The van der Waals surface area contributed by atoms with E-state index in [9.17, 15) is 9.59 Å². The monoisotopic (exact) mass is 465 g/mol. The second-order valence-corrected chi connectivity index (χ2v) is 9.26. The van der Waals surface area contributed by atoms with E-state index in [4.69, 9.17) is 9.84 Å². The van der Waals surface area contributed by atoms with Crippen molar-refractivity contribution in [3.63, 3.8) is 0 Å². The van der Waals surface area contributed by atoms with Crippen LogP contribution in [0, 0.1) is 0 Å². The molecule has 0 spiro atoms. The van der Waals surface area contributed by atoms with E-state index in [0.29, 0.717) is 26.1 Å². The number of ether oxygens (including phenoxy) is 1. The van der Waals surface area contributed by atoms with Gasteiger partial charge in [-0.2, -0.15) is 0 Å². The molecule has 0 aromatic heterocycles. The Labute approximate surface area is 204 Å². The molecule has 0 heterocycles. The van der Waals surface area contributed by atoms with Crippen molar-refractivity contribution in [1.82, 2.24) is 4.90 Å². The lowest BCUT2D eigenvalue weighted by Gasteiger charge is -2.23. The molecule has 0 radical (unpaired) electrons. The van der Waals surface area contributed by atoms with Gasteiger partial charge >= 0.3 is 12.1 Å². The molecule has 2 aromatic rings. The number of carbonyl (C=O) groups excluding carboxylic acids is 1. The minimum absolute atomic E-state index is 0.0281. The number of hydrogen-bond acceptors (Lipinski definition) is 3. The SMILES string of the molecule is CCCCCCCCCCN(CCCC(=O)O)C(=O)OCC1c2ccccc2-c2ccccc21. The van der Waals surface area contributed by atoms with Crippen LogP contribution >= 0.6 is 0 Å². The Morgan fingerprint density at radius 3 is 1.91 bits per heavy atom. The first-order valence-corrected chi connectivity index (χ1v) is 12.9. The summed E-state index contributed by atoms with van der Waals surface area (Å²) in [4.78, 5) is 25.7. The molecule has 34 heavy (non-hydrogen) atoms. The highest BCUT2D eigenvalue weighted by Gasteiger charge is 2.29. The first kappa shape index (κ1) is 25.8. The summed E-state index contributed by atoms with van der Waals surface area (Å²) in [6, 6.07) is 16.6. The molecule has 0 saturated carbocycles. The number of amides is 1. The molecule has 1 aliphatic carbocycles. The van der Waals surface area contributed by atoms with Crippen LogP contribution in [0.25, 0.3) is 11.1 Å². The Kier molecular flexibility index (Phi) is 10.5. The number of hydrogen-bond donors (Lipinski definition) is 1. The van der Waals surface area contributed by atoms with E-state index >= 15 is 0 Å². The molecule has 1 aliphatic rings. The summed E-state index contributed by atoms with van der Waals surface area (Å²) in [7, 11) is 0. The van der Waals surface area contributed by atoms with E-state index in [0.717, 1.165) is 12.8 Å². The van der Waals surface area contributed by atoms with Gasteiger partial charge in [0.05, 0.1) is 0 Å². The fourth-order valence-corrected chi connectivity index (χ4v) is 4.84. The standard InChI is InChI=1S/C29H39NO4/c1-2-3-4-5-6-7-8-13-20-30(21-14-19-28(31)32)29(33)34-22-27-25-17-11-9-15-23(25)24-16-10-12-18-26(24)27/h9-12,15-18,27H,2-8,13-14,19-22H2,1H3,(H,31,32). The summed E-state index contributed by atoms with van der Waals surface area (Å²) < 4.78 is 5.82. The summed E-state index contributed by atoms with van der Waals surface area (Å²) in [6.45, 7) is 3.55. The molecule has 184 valence electrons. The molecular weight excluding hydrogens is 426 g/mol. The van der Waals surface area contributed by atoms with Gasteiger partial charge in [-0.3, -0.25) is 4.79 Å². The van der Waals surface area contributed by atoms with Crippen LogP contribution in [0.15, 0.2) is 48.5 Å². The number of rotatable bonds is 15. The highest BCUT2D eigenvalue weighted by atomic mass is 16.6. The van der Waals surface area contributed by atoms with Gasteiger partial charge in [-0.1, -0.05) is 100 Å². The molecule has 0 atom stereocenters. The summed E-state index contributed by atoms with van der Waals surface area (Å²) in [5, 5.41) is 9.00. The number of unbranched alkanes of at least 4 members (excludes halogenated alkanes) is 7. The second kappa shape index (κ2) is 13.8. The van der Waals surface area contributed by atoms with E-state index in [1.807, 2.05) is 24.3 Å². The van der Waals surface area contributed by atoms with Crippen LogP contribution in [0.2, 0.25) is 0 Å². The van der Waals surface area contributed by atoms with Gasteiger partial charge in [-0.25, -0.2) is 4.79 Å². The molecule has 2 aromatic carbocycles. The maximum Gasteiger partial charge on any atom is 0.409 e. The van der Waals surface area contributed by atoms with Crippen LogP contribution in [0.4, 0.5) is 4.79 Å². The Balaban J connectivity index is 1.53. The quantitative estimate of drug-likeness (QED) is 0.281. The molecule has 0 fully saturated rings. The van der Waals surface area contributed by atoms with E-state index in [1.165, 1.54) is 60.8 Å². The largest absolute Gasteiger partial charge is 0.481 e. The Hall–Kier alpha value is -2.82. The van der Waals surface area contributed by atoms with Crippen LogP contribution in [-0.4, -0.2) is 41.8 Å². The molecular formula is C29H39NO4. The third kappa shape index (κ3) is 7.34. The molecule has 1 N–H and O–H groups in total. The van der Waals surface area contributed by atoms with Gasteiger partial charge in [-0.05, 0) is 35.1 Å². The molecule has 0 saturated heterocycles.